The third kappa shape index (κ3) is 2.58. The highest BCUT2D eigenvalue weighted by molar-refractivity contribution is 9.10. The van der Waals surface area contributed by atoms with Crippen LogP contribution in [0.15, 0.2) is 17.1 Å². The van der Waals surface area contributed by atoms with Gasteiger partial charge in [0.1, 0.15) is 4.60 Å². The first-order valence-electron chi connectivity index (χ1n) is 5.22. The molecule has 0 radical (unpaired) electrons. The van der Waals surface area contributed by atoms with Crippen LogP contribution < -0.4 is 5.32 Å². The van der Waals surface area contributed by atoms with E-state index in [1.54, 1.807) is 0 Å². The van der Waals surface area contributed by atoms with E-state index in [1.165, 1.54) is 32.4 Å². The second-order valence-electron chi connectivity index (χ2n) is 3.89. The van der Waals surface area contributed by atoms with E-state index < -0.39 is 0 Å². The maximum absolute atomic E-state index is 4.09. The van der Waals surface area contributed by atoms with Gasteiger partial charge in [0.05, 0.1) is 12.5 Å². The number of halogens is 1. The van der Waals surface area contributed by atoms with Gasteiger partial charge < -0.3 is 9.88 Å². The Morgan fingerprint density at radius 3 is 2.93 bits per heavy atom. The summed E-state index contributed by atoms with van der Waals surface area (Å²) in [5.74, 6) is 0.894. The molecule has 4 heteroatoms. The number of aromatic nitrogens is 2. The van der Waals surface area contributed by atoms with Crippen molar-refractivity contribution < 1.29 is 0 Å². The summed E-state index contributed by atoms with van der Waals surface area (Å²) in [6.07, 6.45) is 7.67. The predicted octanol–water partition coefficient (Wildman–Crippen LogP) is 2.04. The van der Waals surface area contributed by atoms with Crippen LogP contribution in [0.25, 0.3) is 0 Å². The molecule has 0 amide bonds. The molecule has 78 valence electrons. The summed E-state index contributed by atoms with van der Waals surface area (Å²) in [4.78, 5) is 4.09. The largest absolute Gasteiger partial charge is 0.325 e. The fourth-order valence-electron chi connectivity index (χ4n) is 1.96. The molecule has 1 fully saturated rings. The monoisotopic (exact) mass is 257 g/mol. The molecule has 0 aromatic carbocycles. The van der Waals surface area contributed by atoms with Crippen LogP contribution in [0.3, 0.4) is 0 Å². The van der Waals surface area contributed by atoms with E-state index in [9.17, 15) is 0 Å². The molecule has 1 N–H and O–H groups in total. The summed E-state index contributed by atoms with van der Waals surface area (Å²) >= 11 is 3.48. The Hall–Kier alpha value is -0.350. The first-order valence-corrected chi connectivity index (χ1v) is 6.02. The zero-order valence-corrected chi connectivity index (χ0v) is 9.83. The molecule has 0 unspecified atom stereocenters. The van der Waals surface area contributed by atoms with E-state index in [-0.39, 0.29) is 0 Å². The number of hydrogen-bond acceptors (Lipinski definition) is 2. The fraction of sp³-hybridized carbons (Fsp3) is 0.700. The zero-order valence-electron chi connectivity index (χ0n) is 8.25. The van der Waals surface area contributed by atoms with E-state index in [0.717, 1.165) is 17.1 Å². The van der Waals surface area contributed by atoms with Gasteiger partial charge in [-0.1, -0.05) is 0 Å². The summed E-state index contributed by atoms with van der Waals surface area (Å²) in [6.45, 7) is 3.47. The van der Waals surface area contributed by atoms with Gasteiger partial charge >= 0.3 is 0 Å². The van der Waals surface area contributed by atoms with Crippen LogP contribution >= 0.6 is 15.9 Å². The minimum Gasteiger partial charge on any atom is -0.325 e. The molecule has 1 aromatic rings. The van der Waals surface area contributed by atoms with Crippen molar-refractivity contribution >= 4 is 15.9 Å². The Bertz CT molecular complexity index is 279. The molecule has 0 aliphatic carbocycles. The van der Waals surface area contributed by atoms with Crippen molar-refractivity contribution in [2.24, 2.45) is 5.92 Å². The molecule has 1 aliphatic heterocycles. The number of nitrogens with zero attached hydrogens (tertiary/aromatic N) is 2. The fourth-order valence-corrected chi connectivity index (χ4v) is 2.35. The molecule has 2 rings (SSSR count). The summed E-state index contributed by atoms with van der Waals surface area (Å²) in [6, 6.07) is 0. The van der Waals surface area contributed by atoms with Gasteiger partial charge in [-0.2, -0.15) is 0 Å². The zero-order chi connectivity index (χ0) is 9.80. The lowest BCUT2D eigenvalue weighted by molar-refractivity contribution is 0.337. The molecule has 3 nitrogen and oxygen atoms in total. The highest BCUT2D eigenvalue weighted by Gasteiger charge is 2.12. The van der Waals surface area contributed by atoms with Gasteiger partial charge in [0.15, 0.2) is 0 Å². The van der Waals surface area contributed by atoms with Crippen molar-refractivity contribution in [2.45, 2.75) is 25.8 Å². The Morgan fingerprint density at radius 1 is 1.50 bits per heavy atom. The van der Waals surface area contributed by atoms with Crippen LogP contribution in [0.5, 0.6) is 0 Å². The van der Waals surface area contributed by atoms with E-state index in [1.807, 2.05) is 12.5 Å². The standard InChI is InChI=1S/C10H16BrN3/c11-10-7-13-8-14(10)6-3-9-1-4-12-5-2-9/h7-9,12H,1-6H2. The van der Waals surface area contributed by atoms with Gasteiger partial charge in [-0.15, -0.1) is 0 Å². The normalized spacial score (nSPS) is 18.6. The summed E-state index contributed by atoms with van der Waals surface area (Å²) in [5.41, 5.74) is 0. The van der Waals surface area contributed by atoms with Gasteiger partial charge in [-0.3, -0.25) is 0 Å². The minimum absolute atomic E-state index is 0.894. The van der Waals surface area contributed by atoms with Crippen molar-refractivity contribution in [1.29, 1.82) is 0 Å². The van der Waals surface area contributed by atoms with Gasteiger partial charge in [0, 0.05) is 6.54 Å². The Morgan fingerprint density at radius 2 is 2.29 bits per heavy atom. The third-order valence-electron chi connectivity index (χ3n) is 2.90. The quantitative estimate of drug-likeness (QED) is 0.899. The highest BCUT2D eigenvalue weighted by Crippen LogP contribution is 2.18. The van der Waals surface area contributed by atoms with Gasteiger partial charge in [-0.25, -0.2) is 4.98 Å². The number of nitrogens with one attached hydrogen (secondary N) is 1. The van der Waals surface area contributed by atoms with Crippen molar-refractivity contribution in [1.82, 2.24) is 14.9 Å². The van der Waals surface area contributed by atoms with Crippen LogP contribution in [0, 0.1) is 5.92 Å². The Balaban J connectivity index is 1.79. The number of piperidine rings is 1. The first-order chi connectivity index (χ1) is 6.86. The van der Waals surface area contributed by atoms with E-state index in [2.05, 4.69) is 30.8 Å². The van der Waals surface area contributed by atoms with E-state index in [0.29, 0.717) is 0 Å². The lowest BCUT2D eigenvalue weighted by atomic mass is 9.95. The average Bonchev–Trinajstić information content (AvgIpc) is 2.63. The molecule has 0 atom stereocenters. The predicted molar refractivity (Wildman–Crippen MR) is 60.1 cm³/mol. The van der Waals surface area contributed by atoms with Crippen LogP contribution in [0.1, 0.15) is 19.3 Å². The van der Waals surface area contributed by atoms with Crippen molar-refractivity contribution in [3.05, 3.63) is 17.1 Å². The van der Waals surface area contributed by atoms with Gasteiger partial charge in [0.25, 0.3) is 0 Å². The van der Waals surface area contributed by atoms with Crippen molar-refractivity contribution in [3.63, 3.8) is 0 Å². The topological polar surface area (TPSA) is 29.9 Å². The summed E-state index contributed by atoms with van der Waals surface area (Å²) < 4.78 is 3.26. The van der Waals surface area contributed by atoms with Crippen LogP contribution in [-0.2, 0) is 6.54 Å². The maximum Gasteiger partial charge on any atom is 0.104 e. The SMILES string of the molecule is Brc1cncn1CCC1CCNCC1. The van der Waals surface area contributed by atoms with Crippen LogP contribution in [0.4, 0.5) is 0 Å². The van der Waals surface area contributed by atoms with E-state index >= 15 is 0 Å². The molecule has 1 saturated heterocycles. The van der Waals surface area contributed by atoms with Gasteiger partial charge in [0.2, 0.25) is 0 Å². The molecule has 1 aromatic heterocycles. The van der Waals surface area contributed by atoms with Gasteiger partial charge in [-0.05, 0) is 54.2 Å². The van der Waals surface area contributed by atoms with Crippen molar-refractivity contribution in [2.75, 3.05) is 13.1 Å². The average molecular weight is 258 g/mol. The number of imidazole rings is 1. The van der Waals surface area contributed by atoms with Crippen LogP contribution in [-0.4, -0.2) is 22.6 Å². The molecule has 0 spiro atoms. The molecule has 2 heterocycles. The third-order valence-corrected chi connectivity index (χ3v) is 3.56. The lowest BCUT2D eigenvalue weighted by Crippen LogP contribution is -2.28. The first kappa shape index (κ1) is 10.2. The number of hydrogen-bond donors (Lipinski definition) is 1. The number of aryl methyl sites for hydroxylation is 1. The second-order valence-corrected chi connectivity index (χ2v) is 4.70. The maximum atomic E-state index is 4.09. The molecule has 14 heavy (non-hydrogen) atoms. The highest BCUT2D eigenvalue weighted by atomic mass is 79.9. The minimum atomic E-state index is 0.894. The molecule has 1 aliphatic rings. The molecule has 0 saturated carbocycles. The second kappa shape index (κ2) is 4.94. The Kier molecular flexibility index (Phi) is 3.59. The molecular weight excluding hydrogens is 242 g/mol. The smallest absolute Gasteiger partial charge is 0.104 e. The van der Waals surface area contributed by atoms with Crippen molar-refractivity contribution in [3.8, 4) is 0 Å². The summed E-state index contributed by atoms with van der Waals surface area (Å²) in [5, 5.41) is 3.39. The van der Waals surface area contributed by atoms with Crippen LogP contribution in [0.2, 0.25) is 0 Å². The lowest BCUT2D eigenvalue weighted by Gasteiger charge is -2.22. The number of rotatable bonds is 3. The van der Waals surface area contributed by atoms with E-state index in [4.69, 9.17) is 0 Å². The molecule has 0 bridgehead atoms. The Labute approximate surface area is 93.0 Å². The summed E-state index contributed by atoms with van der Waals surface area (Å²) in [7, 11) is 0. The molecular formula is C10H16BrN3.